The Labute approximate surface area is 235 Å². The van der Waals surface area contributed by atoms with E-state index in [0.29, 0.717) is 38.5 Å². The largest absolute Gasteiger partial charge is 0.481 e. The molecule has 0 radical (unpaired) electrons. The van der Waals surface area contributed by atoms with Crippen molar-refractivity contribution in [3.05, 3.63) is 11.6 Å². The fourth-order valence-electron chi connectivity index (χ4n) is 10.2. The Morgan fingerprint density at radius 2 is 1.82 bits per heavy atom. The molecule has 1 saturated heterocycles. The first-order valence-corrected chi connectivity index (χ1v) is 15.0. The van der Waals surface area contributed by atoms with Crippen LogP contribution in [0.5, 0.6) is 0 Å². The molecule has 40 heavy (non-hydrogen) atoms. The summed E-state index contributed by atoms with van der Waals surface area (Å²) in [6.45, 7) is 4.21. The first kappa shape index (κ1) is 28.6. The Bertz CT molecular complexity index is 1080. The summed E-state index contributed by atoms with van der Waals surface area (Å²) in [7, 11) is 1.50. The normalized spacial score (nSPS) is 52.2. The second kappa shape index (κ2) is 9.74. The zero-order chi connectivity index (χ0) is 28.7. The molecule has 4 N–H and O–H groups in total. The van der Waals surface area contributed by atoms with Crippen LogP contribution < -0.4 is 0 Å². The summed E-state index contributed by atoms with van der Waals surface area (Å²) in [5, 5.41) is 45.9. The second-order valence-electron chi connectivity index (χ2n) is 13.7. The molecule has 2 heterocycles. The number of carboxylic acids is 1. The quantitative estimate of drug-likeness (QED) is 0.289. The summed E-state index contributed by atoms with van der Waals surface area (Å²) < 4.78 is 22.9. The third-order valence-electron chi connectivity index (χ3n) is 12.1. The van der Waals surface area contributed by atoms with E-state index < -0.39 is 52.6 Å². The molecule has 6 rings (SSSR count). The van der Waals surface area contributed by atoms with E-state index in [2.05, 4.69) is 6.92 Å². The molecule has 224 valence electrons. The summed E-state index contributed by atoms with van der Waals surface area (Å²) in [4.78, 5) is 25.0. The van der Waals surface area contributed by atoms with Crippen LogP contribution in [-0.2, 0) is 28.5 Å². The van der Waals surface area contributed by atoms with Crippen molar-refractivity contribution in [3.63, 3.8) is 0 Å². The van der Waals surface area contributed by atoms with Crippen LogP contribution in [0.2, 0.25) is 0 Å². The number of hydrogen-bond acceptors (Lipinski definition) is 9. The van der Waals surface area contributed by atoms with Crippen LogP contribution in [0.25, 0.3) is 0 Å². The van der Waals surface area contributed by atoms with Crippen molar-refractivity contribution in [1.29, 1.82) is 0 Å². The van der Waals surface area contributed by atoms with Crippen LogP contribution in [0.15, 0.2) is 11.6 Å². The molecule has 0 unspecified atom stereocenters. The Morgan fingerprint density at radius 3 is 2.50 bits per heavy atom. The van der Waals surface area contributed by atoms with E-state index in [4.69, 9.17) is 18.9 Å². The number of aliphatic hydroxyl groups is 3. The molecular formula is C30H44O10. The predicted octanol–water partition coefficient (Wildman–Crippen LogP) is 2.32. The van der Waals surface area contributed by atoms with E-state index in [1.165, 1.54) is 7.11 Å². The lowest BCUT2D eigenvalue weighted by molar-refractivity contribution is -0.304. The van der Waals surface area contributed by atoms with Crippen molar-refractivity contribution >= 4 is 11.9 Å². The number of aliphatic carboxylic acids is 1. The number of hydrogen-bond donors (Lipinski definition) is 4. The van der Waals surface area contributed by atoms with E-state index in [1.54, 1.807) is 6.08 Å². The van der Waals surface area contributed by atoms with Crippen molar-refractivity contribution in [2.24, 2.45) is 28.6 Å². The number of cyclic esters (lactones) is 1. The van der Waals surface area contributed by atoms with Crippen LogP contribution in [0.1, 0.15) is 78.1 Å². The molecule has 0 bridgehead atoms. The Morgan fingerprint density at radius 1 is 1.07 bits per heavy atom. The van der Waals surface area contributed by atoms with Gasteiger partial charge in [-0.3, -0.25) is 4.79 Å². The first-order chi connectivity index (χ1) is 18.9. The summed E-state index contributed by atoms with van der Waals surface area (Å²) >= 11 is 0. The van der Waals surface area contributed by atoms with Gasteiger partial charge in [0.2, 0.25) is 0 Å². The van der Waals surface area contributed by atoms with Crippen LogP contribution in [-0.4, -0.2) is 88.0 Å². The zero-order valence-corrected chi connectivity index (χ0v) is 23.7. The van der Waals surface area contributed by atoms with Crippen molar-refractivity contribution < 1.29 is 49.0 Å². The number of ether oxygens (including phenoxy) is 4. The molecule has 10 nitrogen and oxygen atoms in total. The van der Waals surface area contributed by atoms with Gasteiger partial charge in [0.25, 0.3) is 0 Å². The molecule has 12 atom stereocenters. The van der Waals surface area contributed by atoms with Gasteiger partial charge in [0, 0.05) is 31.4 Å². The SMILES string of the molecule is CO[C@H]1[C@@H](O[C@H]2CC[C@@]3(C(=O)O)[C@@H]4CC[C@@]5(C)[C@@H](C6=CC(=O)OC6)CC[C@@]5(O)[C@@H]4CC[C@@]3(O)C2)O[C@@H](C)C[C@@H]1O. The lowest BCUT2D eigenvalue weighted by Gasteiger charge is -2.65. The third kappa shape index (κ3) is 3.89. The van der Waals surface area contributed by atoms with E-state index >= 15 is 0 Å². The molecule has 2 aliphatic heterocycles. The molecule has 0 aromatic heterocycles. The van der Waals surface area contributed by atoms with Crippen molar-refractivity contribution in [3.8, 4) is 0 Å². The molecule has 0 spiro atoms. The van der Waals surface area contributed by atoms with Crippen molar-refractivity contribution in [2.75, 3.05) is 13.7 Å². The summed E-state index contributed by atoms with van der Waals surface area (Å²) in [5.41, 5.74) is -3.54. The Balaban J connectivity index is 1.26. The minimum Gasteiger partial charge on any atom is -0.481 e. The highest BCUT2D eigenvalue weighted by molar-refractivity contribution is 5.85. The predicted molar refractivity (Wildman–Crippen MR) is 140 cm³/mol. The van der Waals surface area contributed by atoms with Crippen molar-refractivity contribution in [1.82, 2.24) is 0 Å². The maximum atomic E-state index is 13.2. The standard InChI is InChI=1S/C30H44O10/c1-16-12-22(31)24(37-3)25(39-16)40-18-4-10-29(26(33)34)20-5-8-27(2)19(17-13-23(32)38-15-17)7-11-30(27,36)21(20)6-9-28(29,35)14-18/h13,16,18-22,24-25,31,35-36H,4-12,14-15H2,1-3H3,(H,33,34)/t16-,18-,19+,20+,21+,22-,24+,25+,27-,28+,29-,30+/m0/s1. The van der Waals surface area contributed by atoms with Gasteiger partial charge in [-0.15, -0.1) is 0 Å². The lowest BCUT2D eigenvalue weighted by atomic mass is 9.41. The molecule has 4 saturated carbocycles. The van der Waals surface area contributed by atoms with Crippen LogP contribution in [0.4, 0.5) is 0 Å². The number of carbonyl (C=O) groups excluding carboxylic acids is 1. The van der Waals surface area contributed by atoms with Gasteiger partial charge in [0.1, 0.15) is 12.7 Å². The number of carbonyl (C=O) groups is 2. The van der Waals surface area contributed by atoms with Gasteiger partial charge >= 0.3 is 11.9 Å². The maximum Gasteiger partial charge on any atom is 0.331 e. The number of fused-ring (bicyclic) bond motifs is 5. The van der Waals surface area contributed by atoms with E-state index in [-0.39, 0.29) is 55.7 Å². The molecular weight excluding hydrogens is 520 g/mol. The second-order valence-corrected chi connectivity index (χ2v) is 13.7. The highest BCUT2D eigenvalue weighted by Gasteiger charge is 2.73. The fraction of sp³-hybridized carbons (Fsp3) is 0.867. The van der Waals surface area contributed by atoms with Crippen LogP contribution in [0.3, 0.4) is 0 Å². The van der Waals surface area contributed by atoms with E-state index in [9.17, 15) is 30.0 Å². The average molecular weight is 565 g/mol. The molecule has 5 fully saturated rings. The van der Waals surface area contributed by atoms with Crippen LogP contribution in [0, 0.1) is 28.6 Å². The highest BCUT2D eigenvalue weighted by atomic mass is 16.7. The topological polar surface area (TPSA) is 152 Å². The minimum absolute atomic E-state index is 0.0117. The van der Waals surface area contributed by atoms with Gasteiger partial charge in [-0.1, -0.05) is 6.92 Å². The molecule has 0 aromatic carbocycles. The van der Waals surface area contributed by atoms with Gasteiger partial charge in [-0.05, 0) is 81.6 Å². The maximum absolute atomic E-state index is 13.2. The molecule has 4 aliphatic carbocycles. The Kier molecular flexibility index (Phi) is 6.95. The van der Waals surface area contributed by atoms with Gasteiger partial charge in [-0.2, -0.15) is 0 Å². The monoisotopic (exact) mass is 564 g/mol. The lowest BCUT2D eigenvalue weighted by Crippen LogP contribution is -2.70. The van der Waals surface area contributed by atoms with Crippen molar-refractivity contribution in [2.45, 2.75) is 120 Å². The third-order valence-corrected chi connectivity index (χ3v) is 12.1. The number of rotatable bonds is 5. The molecule has 6 aliphatic rings. The average Bonchev–Trinajstić information content (AvgIpc) is 3.42. The molecule has 0 aromatic rings. The highest BCUT2D eigenvalue weighted by Crippen LogP contribution is 2.71. The van der Waals surface area contributed by atoms with E-state index in [0.717, 1.165) is 12.0 Å². The van der Waals surface area contributed by atoms with Gasteiger partial charge in [0.05, 0.1) is 34.9 Å². The molecule has 10 heteroatoms. The summed E-state index contributed by atoms with van der Waals surface area (Å²) in [6, 6.07) is 0. The fourth-order valence-corrected chi connectivity index (χ4v) is 10.2. The molecule has 0 amide bonds. The van der Waals surface area contributed by atoms with Gasteiger partial charge < -0.3 is 39.4 Å². The van der Waals surface area contributed by atoms with Gasteiger partial charge in [-0.25, -0.2) is 4.79 Å². The van der Waals surface area contributed by atoms with Gasteiger partial charge in [0.15, 0.2) is 6.29 Å². The number of carboxylic acid groups (broad SMARTS) is 1. The van der Waals surface area contributed by atoms with E-state index in [1.807, 2.05) is 6.92 Å². The number of esters is 1. The smallest absolute Gasteiger partial charge is 0.331 e. The Hall–Kier alpha value is -1.56. The first-order valence-electron chi connectivity index (χ1n) is 15.0. The number of methoxy groups -OCH3 is 1. The number of aliphatic hydroxyl groups excluding tert-OH is 1. The summed E-state index contributed by atoms with van der Waals surface area (Å²) in [5.74, 6) is -1.97. The summed E-state index contributed by atoms with van der Waals surface area (Å²) in [6.07, 6.45) is 3.17. The zero-order valence-electron chi connectivity index (χ0n) is 23.7. The minimum atomic E-state index is -1.50. The van der Waals surface area contributed by atoms with Crippen LogP contribution >= 0.6 is 0 Å².